The van der Waals surface area contributed by atoms with Gasteiger partial charge in [-0.05, 0) is 80.2 Å². The Bertz CT molecular complexity index is 1080. The van der Waals surface area contributed by atoms with Crippen molar-refractivity contribution in [2.24, 2.45) is 5.92 Å². The zero-order valence-corrected chi connectivity index (χ0v) is 19.4. The lowest BCUT2D eigenvalue weighted by molar-refractivity contribution is -0.137. The molecule has 2 aliphatic heterocycles. The number of likely N-dealkylation sites (tertiary alicyclic amines) is 1. The van der Waals surface area contributed by atoms with E-state index in [-0.39, 0.29) is 17.9 Å². The van der Waals surface area contributed by atoms with Crippen LogP contribution < -0.4 is 0 Å². The molecule has 2 fully saturated rings. The van der Waals surface area contributed by atoms with Gasteiger partial charge < -0.3 is 4.90 Å². The van der Waals surface area contributed by atoms with Crippen LogP contribution in [0.2, 0.25) is 0 Å². The van der Waals surface area contributed by atoms with E-state index in [4.69, 9.17) is 0 Å². The van der Waals surface area contributed by atoms with E-state index in [2.05, 4.69) is 12.1 Å². The molecule has 0 saturated carbocycles. The van der Waals surface area contributed by atoms with E-state index in [0.717, 1.165) is 38.6 Å². The number of fused-ring (bicyclic) bond motifs is 1. The van der Waals surface area contributed by atoms with Crippen LogP contribution in [0, 0.1) is 5.92 Å². The summed E-state index contributed by atoms with van der Waals surface area (Å²) in [7, 11) is -3.51. The molecule has 0 bridgehead atoms. The third-order valence-corrected chi connectivity index (χ3v) is 9.38. The van der Waals surface area contributed by atoms with Crippen LogP contribution in [0.15, 0.2) is 53.4 Å². The standard InChI is InChI=1S/C26H32N2O3S/c29-26(28-16-6-11-25(28)21-8-2-1-3-9-21)22-14-17-27(18-15-22)32(30,31)24-13-12-20-7-4-5-10-23(20)19-24/h1-3,8-9,12-13,19,22,25H,4-7,10-11,14-18H2. The zero-order chi connectivity index (χ0) is 22.1. The Balaban J connectivity index is 1.25. The van der Waals surface area contributed by atoms with Crippen molar-refractivity contribution in [3.63, 3.8) is 0 Å². The Kier molecular flexibility index (Phi) is 6.08. The number of hydrogen-bond acceptors (Lipinski definition) is 3. The van der Waals surface area contributed by atoms with Crippen molar-refractivity contribution < 1.29 is 13.2 Å². The largest absolute Gasteiger partial charge is 0.335 e. The average molecular weight is 453 g/mol. The molecule has 170 valence electrons. The smallest absolute Gasteiger partial charge is 0.243 e. The maximum Gasteiger partial charge on any atom is 0.243 e. The van der Waals surface area contributed by atoms with Crippen molar-refractivity contribution in [2.45, 2.75) is 62.3 Å². The molecule has 32 heavy (non-hydrogen) atoms. The summed E-state index contributed by atoms with van der Waals surface area (Å²) >= 11 is 0. The lowest BCUT2D eigenvalue weighted by Crippen LogP contribution is -2.44. The van der Waals surface area contributed by atoms with E-state index >= 15 is 0 Å². The fourth-order valence-electron chi connectivity index (χ4n) is 5.65. The molecule has 2 aromatic carbocycles. The second kappa shape index (κ2) is 8.99. The summed E-state index contributed by atoms with van der Waals surface area (Å²) in [5.41, 5.74) is 3.67. The third-order valence-electron chi connectivity index (χ3n) is 7.48. The molecule has 6 heteroatoms. The van der Waals surface area contributed by atoms with Crippen LogP contribution in [0.3, 0.4) is 0 Å². The summed E-state index contributed by atoms with van der Waals surface area (Å²) in [6, 6.07) is 16.1. The number of amides is 1. The van der Waals surface area contributed by atoms with Gasteiger partial charge in [-0.15, -0.1) is 0 Å². The van der Waals surface area contributed by atoms with E-state index in [1.54, 1.807) is 10.4 Å². The van der Waals surface area contributed by atoms with Gasteiger partial charge in [-0.3, -0.25) is 4.79 Å². The minimum absolute atomic E-state index is 0.0886. The summed E-state index contributed by atoms with van der Waals surface area (Å²) in [5, 5.41) is 0. The van der Waals surface area contributed by atoms with Gasteiger partial charge in [-0.1, -0.05) is 36.4 Å². The molecule has 1 aliphatic carbocycles. The highest BCUT2D eigenvalue weighted by atomic mass is 32.2. The number of benzene rings is 2. The second-order valence-electron chi connectivity index (χ2n) is 9.42. The van der Waals surface area contributed by atoms with Gasteiger partial charge in [0, 0.05) is 25.6 Å². The fraction of sp³-hybridized carbons (Fsp3) is 0.500. The molecule has 0 radical (unpaired) electrons. The molecule has 2 aromatic rings. The van der Waals surface area contributed by atoms with Crippen LogP contribution in [0.4, 0.5) is 0 Å². The monoisotopic (exact) mass is 452 g/mol. The number of carbonyl (C=O) groups excluding carboxylic acids is 1. The first-order valence-electron chi connectivity index (χ1n) is 12.0. The van der Waals surface area contributed by atoms with Crippen LogP contribution in [0.1, 0.15) is 61.3 Å². The SMILES string of the molecule is O=C(C1CCN(S(=O)(=O)c2ccc3c(c2)CCCC3)CC1)N1CCCC1c1ccccc1. The van der Waals surface area contributed by atoms with Gasteiger partial charge in [0.15, 0.2) is 0 Å². The molecular formula is C26H32N2O3S. The topological polar surface area (TPSA) is 57.7 Å². The lowest BCUT2D eigenvalue weighted by atomic mass is 9.92. The third kappa shape index (κ3) is 4.11. The molecule has 0 spiro atoms. The lowest BCUT2D eigenvalue weighted by Gasteiger charge is -2.34. The average Bonchev–Trinajstić information content (AvgIpc) is 3.34. The van der Waals surface area contributed by atoms with Crippen LogP contribution in [0.25, 0.3) is 0 Å². The number of rotatable bonds is 4. The van der Waals surface area contributed by atoms with E-state index in [9.17, 15) is 13.2 Å². The Morgan fingerprint density at radius 3 is 2.28 bits per heavy atom. The highest BCUT2D eigenvalue weighted by Gasteiger charge is 2.37. The number of nitrogens with zero attached hydrogens (tertiary/aromatic N) is 2. The van der Waals surface area contributed by atoms with Crippen molar-refractivity contribution in [2.75, 3.05) is 19.6 Å². The zero-order valence-electron chi connectivity index (χ0n) is 18.6. The first-order valence-corrected chi connectivity index (χ1v) is 13.5. The fourth-order valence-corrected chi connectivity index (χ4v) is 7.17. The molecule has 1 atom stereocenters. The van der Waals surface area contributed by atoms with Crippen LogP contribution in [0.5, 0.6) is 0 Å². The van der Waals surface area contributed by atoms with E-state index < -0.39 is 10.0 Å². The summed E-state index contributed by atoms with van der Waals surface area (Å²) in [4.78, 5) is 15.8. The van der Waals surface area contributed by atoms with Crippen molar-refractivity contribution in [1.82, 2.24) is 9.21 Å². The Morgan fingerprint density at radius 1 is 0.812 bits per heavy atom. The predicted molar refractivity (Wildman–Crippen MR) is 125 cm³/mol. The van der Waals surface area contributed by atoms with Crippen LogP contribution in [-0.2, 0) is 27.7 Å². The minimum Gasteiger partial charge on any atom is -0.335 e. The van der Waals surface area contributed by atoms with Crippen molar-refractivity contribution in [3.8, 4) is 0 Å². The quantitative estimate of drug-likeness (QED) is 0.694. The van der Waals surface area contributed by atoms with E-state index in [1.165, 1.54) is 23.1 Å². The molecule has 0 aromatic heterocycles. The molecule has 3 aliphatic rings. The molecule has 0 N–H and O–H groups in total. The summed E-state index contributed by atoms with van der Waals surface area (Å²) in [5.74, 6) is 0.108. The van der Waals surface area contributed by atoms with E-state index in [0.29, 0.717) is 30.8 Å². The molecule has 5 nitrogen and oxygen atoms in total. The number of hydrogen-bond donors (Lipinski definition) is 0. The van der Waals surface area contributed by atoms with Gasteiger partial charge in [-0.25, -0.2) is 8.42 Å². The predicted octanol–water partition coefficient (Wildman–Crippen LogP) is 4.33. The molecule has 2 heterocycles. The van der Waals surface area contributed by atoms with Gasteiger partial charge in [0.2, 0.25) is 15.9 Å². The van der Waals surface area contributed by atoms with Gasteiger partial charge in [-0.2, -0.15) is 4.31 Å². The van der Waals surface area contributed by atoms with Gasteiger partial charge >= 0.3 is 0 Å². The highest BCUT2D eigenvalue weighted by molar-refractivity contribution is 7.89. The molecule has 5 rings (SSSR count). The second-order valence-corrected chi connectivity index (χ2v) is 11.4. The van der Waals surface area contributed by atoms with Crippen LogP contribution >= 0.6 is 0 Å². The summed E-state index contributed by atoms with van der Waals surface area (Å²) in [6.45, 7) is 1.63. The maximum atomic E-state index is 13.3. The maximum absolute atomic E-state index is 13.3. The normalized spacial score (nSPS) is 22.6. The highest BCUT2D eigenvalue weighted by Crippen LogP contribution is 2.35. The summed E-state index contributed by atoms with van der Waals surface area (Å²) < 4.78 is 28.1. The molecule has 2 saturated heterocycles. The molecular weight excluding hydrogens is 420 g/mol. The first kappa shape index (κ1) is 21.7. The van der Waals surface area contributed by atoms with Crippen molar-refractivity contribution >= 4 is 15.9 Å². The van der Waals surface area contributed by atoms with Crippen molar-refractivity contribution in [1.29, 1.82) is 0 Å². The number of piperidine rings is 1. The van der Waals surface area contributed by atoms with Gasteiger partial charge in [0.25, 0.3) is 0 Å². The van der Waals surface area contributed by atoms with Crippen LogP contribution in [-0.4, -0.2) is 43.2 Å². The van der Waals surface area contributed by atoms with E-state index in [1.807, 2.05) is 35.2 Å². The number of aryl methyl sites for hydroxylation is 2. The Morgan fingerprint density at radius 2 is 1.53 bits per heavy atom. The summed E-state index contributed by atoms with van der Waals surface area (Å²) in [6.07, 6.45) is 7.55. The number of sulfonamides is 1. The molecule has 1 unspecified atom stereocenters. The van der Waals surface area contributed by atoms with Gasteiger partial charge in [0.1, 0.15) is 0 Å². The Labute approximate surface area is 191 Å². The minimum atomic E-state index is -3.51. The molecule has 1 amide bonds. The van der Waals surface area contributed by atoms with Crippen molar-refractivity contribution in [3.05, 3.63) is 65.2 Å². The number of carbonyl (C=O) groups is 1. The Hall–Kier alpha value is -2.18. The van der Waals surface area contributed by atoms with Gasteiger partial charge in [0.05, 0.1) is 10.9 Å². The first-order chi connectivity index (χ1) is 15.5.